The van der Waals surface area contributed by atoms with Crippen molar-refractivity contribution in [2.45, 2.75) is 4.90 Å². The number of sulfonamides is 1. The maximum atomic E-state index is 13.0. The summed E-state index contributed by atoms with van der Waals surface area (Å²) in [4.78, 5) is 25.9. The number of benzene rings is 2. The van der Waals surface area contributed by atoms with Gasteiger partial charge in [0, 0.05) is 23.9 Å². The summed E-state index contributed by atoms with van der Waals surface area (Å²) in [5, 5.41) is 20.6. The average molecular weight is 387 g/mol. The molecule has 1 N–H and O–H groups in total. The minimum absolute atomic E-state index is 0.0465. The number of nitro groups is 1. The number of non-ortho nitro benzene ring substituents is 1. The van der Waals surface area contributed by atoms with Crippen LogP contribution in [-0.4, -0.2) is 41.6 Å². The Labute approximate surface area is 154 Å². The van der Waals surface area contributed by atoms with Gasteiger partial charge in [0.1, 0.15) is 12.2 Å². The second kappa shape index (κ2) is 7.00. The van der Waals surface area contributed by atoms with Crippen LogP contribution in [0.4, 0.5) is 5.69 Å². The van der Waals surface area contributed by atoms with E-state index < -0.39 is 20.9 Å². The Hall–Kier alpha value is -3.53. The summed E-state index contributed by atoms with van der Waals surface area (Å²) in [6, 6.07) is 12.6. The summed E-state index contributed by atoms with van der Waals surface area (Å²) in [6.07, 6.45) is 1.05. The fourth-order valence-corrected chi connectivity index (χ4v) is 4.03. The Bertz CT molecular complexity index is 1080. The van der Waals surface area contributed by atoms with Gasteiger partial charge in [-0.2, -0.15) is 0 Å². The first-order valence-corrected chi connectivity index (χ1v) is 9.06. The van der Waals surface area contributed by atoms with E-state index in [2.05, 4.69) is 4.99 Å². The molecule has 0 aromatic heterocycles. The van der Waals surface area contributed by atoms with Gasteiger partial charge in [0.2, 0.25) is 0 Å². The van der Waals surface area contributed by atoms with Gasteiger partial charge in [0.25, 0.3) is 15.7 Å². The van der Waals surface area contributed by atoms with Crippen molar-refractivity contribution in [3.8, 4) is 0 Å². The lowest BCUT2D eigenvalue weighted by molar-refractivity contribution is -0.384. The Morgan fingerprint density at radius 3 is 2.48 bits per heavy atom. The maximum absolute atomic E-state index is 13.0. The molecule has 0 unspecified atom stereocenters. The zero-order valence-electron chi connectivity index (χ0n) is 13.7. The smallest absolute Gasteiger partial charge is 0.339 e. The first-order chi connectivity index (χ1) is 12.8. The van der Waals surface area contributed by atoms with Gasteiger partial charge in [0.05, 0.1) is 15.5 Å². The van der Waals surface area contributed by atoms with Crippen LogP contribution in [0.2, 0.25) is 0 Å². The number of nitrogens with zero attached hydrogens (tertiary/aromatic N) is 3. The molecule has 2 aromatic carbocycles. The maximum Gasteiger partial charge on any atom is 0.339 e. The molecule has 2 aromatic rings. The number of hydrogen-bond donors (Lipinski definition) is 1. The van der Waals surface area contributed by atoms with E-state index in [4.69, 9.17) is 0 Å². The number of carboxylic acid groups (broad SMARTS) is 1. The third kappa shape index (κ3) is 3.42. The van der Waals surface area contributed by atoms with E-state index in [1.165, 1.54) is 42.5 Å². The summed E-state index contributed by atoms with van der Waals surface area (Å²) >= 11 is 0. The van der Waals surface area contributed by atoms with Crippen LogP contribution >= 0.6 is 0 Å². The Kier molecular flexibility index (Phi) is 4.74. The molecule has 0 atom stereocenters. The quantitative estimate of drug-likeness (QED) is 0.618. The largest absolute Gasteiger partial charge is 0.478 e. The van der Waals surface area contributed by atoms with Crippen LogP contribution in [0.3, 0.4) is 0 Å². The van der Waals surface area contributed by atoms with Crippen molar-refractivity contribution in [3.05, 3.63) is 75.8 Å². The minimum atomic E-state index is -4.13. The standard InChI is InChI=1S/C17H13N3O6S/c21-17(22)15-10-18-11-19(27(25,26)14-7-2-1-3-8-14)16(15)12-5-4-6-13(9-12)20(23)24/h1-10H,11H2,(H,21,22). The predicted octanol–water partition coefficient (Wildman–Crippen LogP) is 2.12. The van der Waals surface area contributed by atoms with E-state index in [-0.39, 0.29) is 34.1 Å². The molecule has 3 rings (SSSR count). The van der Waals surface area contributed by atoms with Gasteiger partial charge in [-0.15, -0.1) is 0 Å². The number of carbonyl (C=O) groups is 1. The van der Waals surface area contributed by atoms with E-state index in [0.29, 0.717) is 0 Å². The molecule has 1 aliphatic rings. The fraction of sp³-hybridized carbons (Fsp3) is 0.0588. The summed E-state index contributed by atoms with van der Waals surface area (Å²) in [5.74, 6) is -1.40. The van der Waals surface area contributed by atoms with Crippen molar-refractivity contribution in [2.24, 2.45) is 4.99 Å². The molecule has 138 valence electrons. The average Bonchev–Trinajstić information content (AvgIpc) is 2.68. The van der Waals surface area contributed by atoms with Crippen LogP contribution in [0, 0.1) is 10.1 Å². The van der Waals surface area contributed by atoms with Crippen molar-refractivity contribution in [1.29, 1.82) is 0 Å². The molecule has 1 heterocycles. The number of rotatable bonds is 5. The van der Waals surface area contributed by atoms with Gasteiger partial charge in [0.15, 0.2) is 0 Å². The van der Waals surface area contributed by atoms with Gasteiger partial charge >= 0.3 is 5.97 Å². The van der Waals surface area contributed by atoms with Gasteiger partial charge in [-0.1, -0.05) is 30.3 Å². The molecule has 0 aliphatic carbocycles. The normalized spacial score (nSPS) is 14.3. The lowest BCUT2D eigenvalue weighted by atomic mass is 10.1. The van der Waals surface area contributed by atoms with Crippen molar-refractivity contribution < 1.29 is 23.2 Å². The van der Waals surface area contributed by atoms with E-state index in [1.807, 2.05) is 0 Å². The highest BCUT2D eigenvalue weighted by molar-refractivity contribution is 7.89. The molecule has 0 bridgehead atoms. The first-order valence-electron chi connectivity index (χ1n) is 7.62. The molecule has 0 amide bonds. The Morgan fingerprint density at radius 1 is 1.15 bits per heavy atom. The molecule has 27 heavy (non-hydrogen) atoms. The predicted molar refractivity (Wildman–Crippen MR) is 96.5 cm³/mol. The zero-order chi connectivity index (χ0) is 19.6. The third-order valence-electron chi connectivity index (χ3n) is 3.83. The van der Waals surface area contributed by atoms with Crippen LogP contribution in [0.5, 0.6) is 0 Å². The number of nitro benzene ring substituents is 1. The second-order valence-electron chi connectivity index (χ2n) is 5.49. The summed E-state index contributed by atoms with van der Waals surface area (Å²) < 4.78 is 26.9. The molecular formula is C17H13N3O6S. The van der Waals surface area contributed by atoms with Crippen molar-refractivity contribution in [1.82, 2.24) is 4.31 Å². The molecular weight excluding hydrogens is 374 g/mol. The molecule has 10 heteroatoms. The summed E-state index contributed by atoms with van der Waals surface area (Å²) in [6.45, 7) is -0.341. The number of aliphatic imine (C=N–C) groups is 1. The molecule has 0 radical (unpaired) electrons. The van der Waals surface area contributed by atoms with Crippen LogP contribution in [0.15, 0.2) is 70.1 Å². The van der Waals surface area contributed by atoms with E-state index in [9.17, 15) is 28.4 Å². The lowest BCUT2D eigenvalue weighted by Crippen LogP contribution is -2.34. The molecule has 0 spiro atoms. The Balaban J connectivity index is 2.23. The van der Waals surface area contributed by atoms with Gasteiger partial charge in [-0.25, -0.2) is 17.5 Å². The summed E-state index contributed by atoms with van der Waals surface area (Å²) in [5.41, 5.74) is -0.747. The Morgan fingerprint density at radius 2 is 1.85 bits per heavy atom. The second-order valence-corrected chi connectivity index (χ2v) is 7.36. The van der Waals surface area contributed by atoms with Gasteiger partial charge in [-0.05, 0) is 12.1 Å². The van der Waals surface area contributed by atoms with Gasteiger partial charge < -0.3 is 5.11 Å². The molecule has 0 saturated heterocycles. The highest BCUT2D eigenvalue weighted by Gasteiger charge is 2.33. The van der Waals surface area contributed by atoms with E-state index >= 15 is 0 Å². The number of hydrogen-bond acceptors (Lipinski definition) is 6. The van der Waals surface area contributed by atoms with Crippen molar-refractivity contribution >= 4 is 33.6 Å². The highest BCUT2D eigenvalue weighted by Crippen LogP contribution is 2.32. The molecule has 9 nitrogen and oxygen atoms in total. The van der Waals surface area contributed by atoms with Crippen molar-refractivity contribution in [3.63, 3.8) is 0 Å². The number of carboxylic acids is 1. The highest BCUT2D eigenvalue weighted by atomic mass is 32.2. The van der Waals surface area contributed by atoms with Crippen LogP contribution in [0.1, 0.15) is 5.56 Å². The van der Waals surface area contributed by atoms with Crippen molar-refractivity contribution in [2.75, 3.05) is 6.67 Å². The first kappa shape index (κ1) is 18.3. The monoisotopic (exact) mass is 387 g/mol. The van der Waals surface area contributed by atoms with Gasteiger partial charge in [-0.3, -0.25) is 15.1 Å². The minimum Gasteiger partial charge on any atom is -0.478 e. The molecule has 0 fully saturated rings. The lowest BCUT2D eigenvalue weighted by Gasteiger charge is -2.28. The van der Waals surface area contributed by atoms with E-state index in [1.54, 1.807) is 6.07 Å². The summed E-state index contributed by atoms with van der Waals surface area (Å²) in [7, 11) is -4.13. The molecule has 0 saturated carbocycles. The molecule has 1 aliphatic heterocycles. The topological polar surface area (TPSA) is 130 Å². The van der Waals surface area contributed by atoms with Crippen LogP contribution in [0.25, 0.3) is 5.70 Å². The SMILES string of the molecule is O=C(O)C1=C(c2cccc([N+](=O)[O-])c2)N(S(=O)(=O)c2ccccc2)CN=C1. The number of aliphatic carboxylic acids is 1. The third-order valence-corrected chi connectivity index (χ3v) is 5.57. The fourth-order valence-electron chi connectivity index (χ4n) is 2.61. The van der Waals surface area contributed by atoms with E-state index in [0.717, 1.165) is 16.6 Å². The van der Waals surface area contributed by atoms with Crippen LogP contribution in [-0.2, 0) is 14.8 Å². The van der Waals surface area contributed by atoms with Crippen LogP contribution < -0.4 is 0 Å². The zero-order valence-corrected chi connectivity index (χ0v) is 14.5.